The molecule has 1 rings (SSSR count). The quantitative estimate of drug-likeness (QED) is 0.741. The van der Waals surface area contributed by atoms with Crippen LogP contribution < -0.4 is 10.1 Å². The van der Waals surface area contributed by atoms with E-state index in [1.807, 2.05) is 11.8 Å². The van der Waals surface area contributed by atoms with Crippen molar-refractivity contribution in [2.45, 2.75) is 39.5 Å². The summed E-state index contributed by atoms with van der Waals surface area (Å²) < 4.78 is 5.42. The van der Waals surface area contributed by atoms with Crippen LogP contribution in [0.2, 0.25) is 0 Å². The maximum atomic E-state index is 5.42. The van der Waals surface area contributed by atoms with Crippen LogP contribution in [-0.2, 0) is 5.41 Å². The van der Waals surface area contributed by atoms with Gasteiger partial charge in [0.25, 0.3) is 0 Å². The van der Waals surface area contributed by atoms with Crippen molar-refractivity contribution in [3.05, 3.63) is 23.8 Å². The Morgan fingerprint density at radius 3 is 2.58 bits per heavy atom. The van der Waals surface area contributed by atoms with Gasteiger partial charge < -0.3 is 10.1 Å². The van der Waals surface area contributed by atoms with Crippen molar-refractivity contribution >= 4 is 17.4 Å². The molecule has 0 saturated carbocycles. The fourth-order valence-corrected chi connectivity index (χ4v) is 2.49. The minimum atomic E-state index is 0.167. The number of benzene rings is 1. The fraction of sp³-hybridized carbons (Fsp3) is 0.625. The second kappa shape index (κ2) is 7.68. The van der Waals surface area contributed by atoms with Crippen LogP contribution in [0.1, 0.15) is 39.7 Å². The molecule has 0 atom stereocenters. The highest BCUT2D eigenvalue weighted by Crippen LogP contribution is 2.31. The van der Waals surface area contributed by atoms with Crippen LogP contribution in [0.5, 0.6) is 5.75 Å². The van der Waals surface area contributed by atoms with Gasteiger partial charge in [0, 0.05) is 6.54 Å². The largest absolute Gasteiger partial charge is 0.495 e. The molecule has 0 fully saturated rings. The van der Waals surface area contributed by atoms with Crippen LogP contribution in [0.3, 0.4) is 0 Å². The summed E-state index contributed by atoms with van der Waals surface area (Å²) in [5.41, 5.74) is 2.61. The Kier molecular flexibility index (Phi) is 6.56. The van der Waals surface area contributed by atoms with E-state index in [-0.39, 0.29) is 5.41 Å². The van der Waals surface area contributed by atoms with E-state index in [0.29, 0.717) is 0 Å². The van der Waals surface area contributed by atoms with Gasteiger partial charge in [0.05, 0.1) is 12.8 Å². The van der Waals surface area contributed by atoms with Gasteiger partial charge in [0.2, 0.25) is 0 Å². The highest BCUT2D eigenvalue weighted by atomic mass is 32.2. The van der Waals surface area contributed by atoms with E-state index in [0.717, 1.165) is 18.0 Å². The van der Waals surface area contributed by atoms with Gasteiger partial charge in [-0.25, -0.2) is 0 Å². The predicted molar refractivity (Wildman–Crippen MR) is 87.8 cm³/mol. The molecule has 19 heavy (non-hydrogen) atoms. The van der Waals surface area contributed by atoms with Crippen LogP contribution in [0.25, 0.3) is 0 Å². The Morgan fingerprint density at radius 1 is 1.26 bits per heavy atom. The summed E-state index contributed by atoms with van der Waals surface area (Å²) in [6.45, 7) is 9.90. The second-order valence-electron chi connectivity index (χ2n) is 5.64. The van der Waals surface area contributed by atoms with Gasteiger partial charge >= 0.3 is 0 Å². The molecule has 0 aromatic heterocycles. The summed E-state index contributed by atoms with van der Waals surface area (Å²) in [5.74, 6) is 3.34. The van der Waals surface area contributed by atoms with Crippen molar-refractivity contribution in [2.75, 3.05) is 30.5 Å². The Labute approximate surface area is 122 Å². The highest BCUT2D eigenvalue weighted by Gasteiger charge is 2.15. The van der Waals surface area contributed by atoms with Crippen molar-refractivity contribution < 1.29 is 4.74 Å². The lowest BCUT2D eigenvalue weighted by Gasteiger charge is -2.21. The first kappa shape index (κ1) is 16.2. The van der Waals surface area contributed by atoms with Gasteiger partial charge in [-0.15, -0.1) is 0 Å². The Balaban J connectivity index is 2.68. The normalized spacial score (nSPS) is 11.4. The summed E-state index contributed by atoms with van der Waals surface area (Å²) >= 11 is 1.99. The average molecular weight is 281 g/mol. The van der Waals surface area contributed by atoms with Crippen molar-refractivity contribution in [2.24, 2.45) is 0 Å². The van der Waals surface area contributed by atoms with Crippen LogP contribution in [-0.4, -0.2) is 25.2 Å². The fourth-order valence-electron chi connectivity index (χ4n) is 1.85. The van der Waals surface area contributed by atoms with E-state index in [2.05, 4.69) is 51.2 Å². The van der Waals surface area contributed by atoms with Crippen molar-refractivity contribution in [1.29, 1.82) is 0 Å². The third-order valence-electron chi connectivity index (χ3n) is 3.05. The molecule has 1 aromatic carbocycles. The number of rotatable bonds is 7. The molecule has 1 aromatic rings. The smallest absolute Gasteiger partial charge is 0.141 e. The molecule has 0 aliphatic heterocycles. The third kappa shape index (κ3) is 5.35. The lowest BCUT2D eigenvalue weighted by atomic mass is 9.87. The molecular weight excluding hydrogens is 254 g/mol. The SMILES string of the molecule is CCSCCCNc1cc(C(C)(C)C)ccc1OC. The summed E-state index contributed by atoms with van der Waals surface area (Å²) in [6.07, 6.45) is 1.18. The van der Waals surface area contributed by atoms with E-state index in [9.17, 15) is 0 Å². The maximum Gasteiger partial charge on any atom is 0.141 e. The first-order valence-electron chi connectivity index (χ1n) is 6.99. The molecule has 0 spiro atoms. The maximum absolute atomic E-state index is 5.42. The molecule has 0 unspecified atom stereocenters. The number of nitrogens with one attached hydrogen (secondary N) is 1. The van der Waals surface area contributed by atoms with Gasteiger partial charge in [0.1, 0.15) is 5.75 Å². The molecule has 0 amide bonds. The number of methoxy groups -OCH3 is 1. The zero-order valence-electron chi connectivity index (χ0n) is 12.9. The summed E-state index contributed by atoms with van der Waals surface area (Å²) in [6, 6.07) is 6.42. The van der Waals surface area contributed by atoms with E-state index >= 15 is 0 Å². The van der Waals surface area contributed by atoms with Crippen LogP contribution >= 0.6 is 11.8 Å². The number of hydrogen-bond donors (Lipinski definition) is 1. The van der Waals surface area contributed by atoms with Crippen molar-refractivity contribution in [3.8, 4) is 5.75 Å². The molecular formula is C16H27NOS. The van der Waals surface area contributed by atoms with Crippen LogP contribution in [0.4, 0.5) is 5.69 Å². The molecule has 1 N–H and O–H groups in total. The second-order valence-corrected chi connectivity index (χ2v) is 7.04. The molecule has 0 radical (unpaired) electrons. The van der Waals surface area contributed by atoms with E-state index in [1.54, 1.807) is 7.11 Å². The molecule has 3 heteroatoms. The van der Waals surface area contributed by atoms with Gasteiger partial charge in [-0.3, -0.25) is 0 Å². The Bertz CT molecular complexity index is 385. The van der Waals surface area contributed by atoms with Crippen molar-refractivity contribution in [3.63, 3.8) is 0 Å². The summed E-state index contributed by atoms with van der Waals surface area (Å²) in [4.78, 5) is 0. The van der Waals surface area contributed by atoms with E-state index in [4.69, 9.17) is 4.74 Å². The highest BCUT2D eigenvalue weighted by molar-refractivity contribution is 7.99. The van der Waals surface area contributed by atoms with Crippen molar-refractivity contribution in [1.82, 2.24) is 0 Å². The molecule has 0 bridgehead atoms. The Hall–Kier alpha value is -0.830. The minimum absolute atomic E-state index is 0.167. The first-order valence-corrected chi connectivity index (χ1v) is 8.14. The summed E-state index contributed by atoms with van der Waals surface area (Å²) in [5, 5.41) is 3.50. The monoisotopic (exact) mass is 281 g/mol. The zero-order chi connectivity index (χ0) is 14.3. The zero-order valence-corrected chi connectivity index (χ0v) is 13.7. The molecule has 0 saturated heterocycles. The lowest BCUT2D eigenvalue weighted by molar-refractivity contribution is 0.416. The van der Waals surface area contributed by atoms with E-state index in [1.165, 1.54) is 23.5 Å². The third-order valence-corrected chi connectivity index (χ3v) is 4.04. The van der Waals surface area contributed by atoms with Gasteiger partial charge in [-0.2, -0.15) is 11.8 Å². The van der Waals surface area contributed by atoms with Crippen LogP contribution in [0.15, 0.2) is 18.2 Å². The average Bonchev–Trinajstić information content (AvgIpc) is 2.37. The predicted octanol–water partition coefficient (Wildman–Crippen LogP) is 4.55. The van der Waals surface area contributed by atoms with Gasteiger partial charge in [0.15, 0.2) is 0 Å². The lowest BCUT2D eigenvalue weighted by Crippen LogP contribution is -2.12. The Morgan fingerprint density at radius 2 is 2.00 bits per heavy atom. The van der Waals surface area contributed by atoms with Crippen LogP contribution in [0, 0.1) is 0 Å². The van der Waals surface area contributed by atoms with Gasteiger partial charge in [-0.05, 0) is 41.0 Å². The number of thioether (sulfide) groups is 1. The standard InChI is InChI=1S/C16H27NOS/c1-6-19-11-7-10-17-14-12-13(16(2,3)4)8-9-15(14)18-5/h8-9,12,17H,6-7,10-11H2,1-5H3. The number of anilines is 1. The molecule has 0 heterocycles. The topological polar surface area (TPSA) is 21.3 Å². The number of ether oxygens (including phenoxy) is 1. The first-order chi connectivity index (χ1) is 8.99. The molecule has 0 aliphatic carbocycles. The number of hydrogen-bond acceptors (Lipinski definition) is 3. The molecule has 2 nitrogen and oxygen atoms in total. The molecule has 0 aliphatic rings. The van der Waals surface area contributed by atoms with E-state index < -0.39 is 0 Å². The summed E-state index contributed by atoms with van der Waals surface area (Å²) in [7, 11) is 1.73. The minimum Gasteiger partial charge on any atom is -0.495 e. The van der Waals surface area contributed by atoms with Gasteiger partial charge in [-0.1, -0.05) is 33.8 Å². The molecule has 108 valence electrons.